The Morgan fingerprint density at radius 3 is 2.71 bits per heavy atom. The number of guanidine groups is 1. The molecule has 4 nitrogen and oxygen atoms in total. The molecule has 1 aromatic rings. The van der Waals surface area contributed by atoms with E-state index in [2.05, 4.69) is 15.7 Å². The van der Waals surface area contributed by atoms with Crippen LogP contribution in [0.1, 0.15) is 18.4 Å². The molecule has 1 saturated carbocycles. The van der Waals surface area contributed by atoms with Crippen LogP contribution in [0.25, 0.3) is 0 Å². The summed E-state index contributed by atoms with van der Waals surface area (Å²) < 4.78 is 0. The SMILES string of the molecule is Cc1ccc(Cl)c(NC(=NC2CC2)NN)c1Cl. The monoisotopic (exact) mass is 272 g/mol. The lowest BCUT2D eigenvalue weighted by Gasteiger charge is -2.13. The normalized spacial score (nSPS) is 15.9. The Hall–Kier alpha value is -0.970. The van der Waals surface area contributed by atoms with Gasteiger partial charge in [-0.15, -0.1) is 0 Å². The van der Waals surface area contributed by atoms with Crippen molar-refractivity contribution in [3.8, 4) is 0 Å². The Kier molecular flexibility index (Phi) is 3.76. The van der Waals surface area contributed by atoms with Gasteiger partial charge in [0, 0.05) is 0 Å². The molecule has 6 heteroatoms. The summed E-state index contributed by atoms with van der Waals surface area (Å²) in [6.07, 6.45) is 2.20. The first-order valence-electron chi connectivity index (χ1n) is 5.38. The Balaban J connectivity index is 2.24. The fraction of sp³-hybridized carbons (Fsp3) is 0.364. The summed E-state index contributed by atoms with van der Waals surface area (Å²) in [7, 11) is 0. The number of nitrogens with two attached hydrogens (primary N) is 1. The van der Waals surface area contributed by atoms with E-state index in [1.165, 1.54) is 0 Å². The molecule has 1 aliphatic carbocycles. The first kappa shape index (κ1) is 12.5. The first-order valence-corrected chi connectivity index (χ1v) is 6.13. The Labute approximate surface area is 110 Å². The van der Waals surface area contributed by atoms with Crippen LogP contribution in [0.5, 0.6) is 0 Å². The predicted octanol–water partition coefficient (Wildman–Crippen LogP) is 2.70. The van der Waals surface area contributed by atoms with Crippen LogP contribution in [0, 0.1) is 6.92 Å². The second kappa shape index (κ2) is 5.12. The second-order valence-corrected chi connectivity index (χ2v) is 4.82. The van der Waals surface area contributed by atoms with Crippen molar-refractivity contribution < 1.29 is 0 Å². The number of aryl methyl sites for hydroxylation is 1. The molecule has 17 heavy (non-hydrogen) atoms. The van der Waals surface area contributed by atoms with Gasteiger partial charge >= 0.3 is 0 Å². The van der Waals surface area contributed by atoms with Gasteiger partial charge in [-0.3, -0.25) is 5.43 Å². The van der Waals surface area contributed by atoms with Crippen LogP contribution in [0.2, 0.25) is 10.0 Å². The van der Waals surface area contributed by atoms with Gasteiger partial charge in [0.25, 0.3) is 0 Å². The molecular weight excluding hydrogens is 259 g/mol. The fourth-order valence-electron chi connectivity index (χ4n) is 1.38. The number of benzene rings is 1. The third kappa shape index (κ3) is 3.03. The predicted molar refractivity (Wildman–Crippen MR) is 72.6 cm³/mol. The topological polar surface area (TPSA) is 62.4 Å². The number of nitrogens with one attached hydrogen (secondary N) is 2. The number of rotatable bonds is 2. The molecule has 0 aromatic heterocycles. The van der Waals surface area contributed by atoms with E-state index >= 15 is 0 Å². The molecule has 1 aliphatic rings. The van der Waals surface area contributed by atoms with E-state index in [9.17, 15) is 0 Å². The lowest BCUT2D eigenvalue weighted by atomic mass is 10.2. The third-order valence-corrected chi connectivity index (χ3v) is 3.32. The van der Waals surface area contributed by atoms with Crippen molar-refractivity contribution in [3.05, 3.63) is 27.7 Å². The number of hydrogen-bond acceptors (Lipinski definition) is 2. The Bertz CT molecular complexity index is 455. The van der Waals surface area contributed by atoms with Crippen LogP contribution in [0.3, 0.4) is 0 Å². The lowest BCUT2D eigenvalue weighted by molar-refractivity contribution is 0.966. The van der Waals surface area contributed by atoms with Gasteiger partial charge in [-0.2, -0.15) is 0 Å². The maximum absolute atomic E-state index is 6.18. The van der Waals surface area contributed by atoms with Crippen LogP contribution < -0.4 is 16.6 Å². The fourth-order valence-corrected chi connectivity index (χ4v) is 1.85. The van der Waals surface area contributed by atoms with E-state index in [0.29, 0.717) is 27.7 Å². The van der Waals surface area contributed by atoms with Crippen LogP contribution in [0.4, 0.5) is 5.69 Å². The van der Waals surface area contributed by atoms with Gasteiger partial charge in [-0.05, 0) is 31.4 Å². The van der Waals surface area contributed by atoms with Crippen LogP contribution in [-0.4, -0.2) is 12.0 Å². The van der Waals surface area contributed by atoms with Gasteiger partial charge in [0.2, 0.25) is 5.96 Å². The van der Waals surface area contributed by atoms with Crippen LogP contribution in [-0.2, 0) is 0 Å². The van der Waals surface area contributed by atoms with E-state index in [1.807, 2.05) is 13.0 Å². The van der Waals surface area contributed by atoms with Crippen molar-refractivity contribution in [2.24, 2.45) is 10.8 Å². The Morgan fingerprint density at radius 2 is 2.12 bits per heavy atom. The van der Waals surface area contributed by atoms with Crippen molar-refractivity contribution in [1.82, 2.24) is 5.43 Å². The molecule has 4 N–H and O–H groups in total. The molecule has 0 spiro atoms. The number of halogens is 2. The third-order valence-electron chi connectivity index (χ3n) is 2.52. The van der Waals surface area contributed by atoms with E-state index < -0.39 is 0 Å². The molecule has 0 atom stereocenters. The Morgan fingerprint density at radius 1 is 1.41 bits per heavy atom. The minimum absolute atomic E-state index is 0.357. The molecular formula is C11H14Cl2N4. The van der Waals surface area contributed by atoms with Crippen molar-refractivity contribution >= 4 is 34.8 Å². The van der Waals surface area contributed by atoms with Crippen molar-refractivity contribution in [3.63, 3.8) is 0 Å². The standard InChI is InChI=1S/C11H14Cl2N4/c1-6-2-5-8(12)10(9(6)13)16-11(17-14)15-7-3-4-7/h2,5,7H,3-4,14H2,1H3,(H2,15,16,17). The van der Waals surface area contributed by atoms with Gasteiger partial charge in [0.1, 0.15) is 0 Å². The zero-order valence-electron chi connectivity index (χ0n) is 9.43. The van der Waals surface area contributed by atoms with Crippen molar-refractivity contribution in [2.75, 3.05) is 5.32 Å². The smallest absolute Gasteiger partial charge is 0.210 e. The summed E-state index contributed by atoms with van der Waals surface area (Å²) in [5.74, 6) is 5.89. The number of hydrogen-bond donors (Lipinski definition) is 3. The number of anilines is 1. The van der Waals surface area contributed by atoms with Gasteiger partial charge in [-0.1, -0.05) is 29.3 Å². The molecule has 1 aromatic carbocycles. The highest BCUT2D eigenvalue weighted by molar-refractivity contribution is 6.40. The minimum atomic E-state index is 0.357. The lowest BCUT2D eigenvalue weighted by Crippen LogP contribution is -2.36. The quantitative estimate of drug-likeness (QED) is 0.336. The summed E-state index contributed by atoms with van der Waals surface area (Å²) in [4.78, 5) is 4.37. The maximum Gasteiger partial charge on any atom is 0.210 e. The summed E-state index contributed by atoms with van der Waals surface area (Å²) in [6, 6.07) is 4.01. The van der Waals surface area contributed by atoms with E-state index in [0.717, 1.165) is 18.4 Å². The number of hydrazine groups is 1. The molecule has 0 aliphatic heterocycles. The zero-order valence-corrected chi connectivity index (χ0v) is 10.9. The van der Waals surface area contributed by atoms with Crippen molar-refractivity contribution in [2.45, 2.75) is 25.8 Å². The molecule has 0 radical (unpaired) electrons. The number of aliphatic imine (C=N–C) groups is 1. The average Bonchev–Trinajstić information content (AvgIpc) is 3.12. The van der Waals surface area contributed by atoms with E-state index in [4.69, 9.17) is 29.0 Å². The molecule has 1 fully saturated rings. The van der Waals surface area contributed by atoms with Crippen LogP contribution >= 0.6 is 23.2 Å². The average molecular weight is 273 g/mol. The summed E-state index contributed by atoms with van der Waals surface area (Å²) in [6.45, 7) is 1.91. The van der Waals surface area contributed by atoms with Crippen LogP contribution in [0.15, 0.2) is 17.1 Å². The largest absolute Gasteiger partial charge is 0.323 e. The van der Waals surface area contributed by atoms with E-state index in [-0.39, 0.29) is 0 Å². The molecule has 0 heterocycles. The molecule has 0 unspecified atom stereocenters. The molecule has 0 bridgehead atoms. The first-order chi connectivity index (χ1) is 8.11. The maximum atomic E-state index is 6.18. The molecule has 2 rings (SSSR count). The van der Waals surface area contributed by atoms with Gasteiger partial charge in [0.05, 0.1) is 21.8 Å². The van der Waals surface area contributed by atoms with E-state index in [1.54, 1.807) is 6.07 Å². The highest BCUT2D eigenvalue weighted by Crippen LogP contribution is 2.33. The molecule has 0 saturated heterocycles. The van der Waals surface area contributed by atoms with Gasteiger partial charge < -0.3 is 5.32 Å². The van der Waals surface area contributed by atoms with Gasteiger partial charge in [0.15, 0.2) is 0 Å². The zero-order chi connectivity index (χ0) is 12.4. The summed E-state index contributed by atoms with van der Waals surface area (Å²) >= 11 is 12.3. The second-order valence-electron chi connectivity index (χ2n) is 4.03. The van der Waals surface area contributed by atoms with Gasteiger partial charge in [-0.25, -0.2) is 10.8 Å². The minimum Gasteiger partial charge on any atom is -0.323 e. The highest BCUT2D eigenvalue weighted by atomic mass is 35.5. The highest BCUT2D eigenvalue weighted by Gasteiger charge is 2.21. The number of nitrogens with zero attached hydrogens (tertiary/aromatic N) is 1. The molecule has 92 valence electrons. The molecule has 0 amide bonds. The summed E-state index contributed by atoms with van der Waals surface area (Å²) in [5.41, 5.74) is 4.09. The van der Waals surface area contributed by atoms with Crippen molar-refractivity contribution in [1.29, 1.82) is 0 Å². The summed E-state index contributed by atoms with van der Waals surface area (Å²) in [5, 5.41) is 4.15.